The molecular formula is C19H29NO. The topological polar surface area (TPSA) is 25.2 Å². The van der Waals surface area contributed by atoms with Crippen LogP contribution in [0.3, 0.4) is 0 Å². The largest absolute Gasteiger partial charge is 0.459 e. The van der Waals surface area contributed by atoms with Crippen LogP contribution in [0.25, 0.3) is 11.0 Å². The second kappa shape index (κ2) is 8.23. The van der Waals surface area contributed by atoms with Gasteiger partial charge in [-0.25, -0.2) is 0 Å². The molecule has 0 spiro atoms. The Balaban J connectivity index is 1.91. The van der Waals surface area contributed by atoms with Gasteiger partial charge in [-0.3, -0.25) is 0 Å². The number of rotatable bonds is 9. The number of nitrogens with one attached hydrogen (secondary N) is 1. The van der Waals surface area contributed by atoms with Crippen LogP contribution in [-0.2, 0) is 0 Å². The van der Waals surface area contributed by atoms with Crippen molar-refractivity contribution < 1.29 is 4.42 Å². The fraction of sp³-hybridized carbons (Fsp3) is 0.579. The standard InChI is InChI=1S/C19H29NO/c1-4-5-6-7-8-9-13-17(20-3)18-14-16-12-10-11-15(2)19(16)21-18/h10-12,14,17,20H,4-9,13H2,1-3H3. The first-order chi connectivity index (χ1) is 10.3. The van der Waals surface area contributed by atoms with Crippen LogP contribution in [0.5, 0.6) is 0 Å². The number of benzene rings is 1. The van der Waals surface area contributed by atoms with Gasteiger partial charge < -0.3 is 9.73 Å². The number of unbranched alkanes of at least 4 members (excludes halogenated alkanes) is 5. The Labute approximate surface area is 128 Å². The van der Waals surface area contributed by atoms with Crippen LogP contribution >= 0.6 is 0 Å². The molecule has 0 aliphatic carbocycles. The zero-order valence-electron chi connectivity index (χ0n) is 13.7. The van der Waals surface area contributed by atoms with Crippen LogP contribution in [0.15, 0.2) is 28.7 Å². The van der Waals surface area contributed by atoms with Gasteiger partial charge in [0.15, 0.2) is 0 Å². The van der Waals surface area contributed by atoms with Gasteiger partial charge in [-0.2, -0.15) is 0 Å². The quantitative estimate of drug-likeness (QED) is 0.594. The molecular weight excluding hydrogens is 258 g/mol. The molecule has 0 fully saturated rings. The molecule has 0 saturated heterocycles. The minimum absolute atomic E-state index is 0.336. The van der Waals surface area contributed by atoms with E-state index in [4.69, 9.17) is 4.42 Å². The van der Waals surface area contributed by atoms with Crippen LogP contribution in [-0.4, -0.2) is 7.05 Å². The molecule has 21 heavy (non-hydrogen) atoms. The van der Waals surface area contributed by atoms with E-state index in [1.165, 1.54) is 49.5 Å². The summed E-state index contributed by atoms with van der Waals surface area (Å²) in [6.45, 7) is 4.37. The van der Waals surface area contributed by atoms with E-state index in [9.17, 15) is 0 Å². The van der Waals surface area contributed by atoms with Crippen LogP contribution in [0.4, 0.5) is 0 Å². The van der Waals surface area contributed by atoms with Gasteiger partial charge in [-0.05, 0) is 32.0 Å². The van der Waals surface area contributed by atoms with Crippen molar-refractivity contribution in [2.45, 2.75) is 64.8 Å². The van der Waals surface area contributed by atoms with Crippen molar-refractivity contribution in [3.63, 3.8) is 0 Å². The van der Waals surface area contributed by atoms with Gasteiger partial charge in [0.2, 0.25) is 0 Å². The fourth-order valence-corrected chi connectivity index (χ4v) is 2.96. The summed E-state index contributed by atoms with van der Waals surface area (Å²) >= 11 is 0. The molecule has 0 aliphatic heterocycles. The van der Waals surface area contributed by atoms with E-state index < -0.39 is 0 Å². The number of hydrogen-bond donors (Lipinski definition) is 1. The lowest BCUT2D eigenvalue weighted by atomic mass is 10.0. The molecule has 2 aromatic rings. The second-order valence-electron chi connectivity index (χ2n) is 6.04. The Kier molecular flexibility index (Phi) is 6.31. The maximum absolute atomic E-state index is 6.08. The number of fused-ring (bicyclic) bond motifs is 1. The van der Waals surface area contributed by atoms with Crippen LogP contribution in [0.2, 0.25) is 0 Å². The van der Waals surface area contributed by atoms with E-state index in [0.29, 0.717) is 6.04 Å². The van der Waals surface area contributed by atoms with Crippen molar-refractivity contribution in [3.05, 3.63) is 35.6 Å². The van der Waals surface area contributed by atoms with Crippen LogP contribution in [0.1, 0.15) is 69.2 Å². The summed E-state index contributed by atoms with van der Waals surface area (Å²) in [5.41, 5.74) is 2.25. The molecule has 1 aromatic carbocycles. The van der Waals surface area contributed by atoms with Crippen molar-refractivity contribution >= 4 is 11.0 Å². The Morgan fingerprint density at radius 1 is 1.10 bits per heavy atom. The summed E-state index contributed by atoms with van der Waals surface area (Å²) in [4.78, 5) is 0. The maximum Gasteiger partial charge on any atom is 0.137 e. The van der Waals surface area contributed by atoms with Crippen molar-refractivity contribution in [3.8, 4) is 0 Å². The average molecular weight is 287 g/mol. The van der Waals surface area contributed by atoms with Gasteiger partial charge in [-0.15, -0.1) is 0 Å². The molecule has 2 rings (SSSR count). The third-order valence-corrected chi connectivity index (χ3v) is 4.30. The van der Waals surface area contributed by atoms with Crippen LogP contribution in [0, 0.1) is 6.92 Å². The second-order valence-corrected chi connectivity index (χ2v) is 6.04. The SMILES string of the molecule is CCCCCCCCC(NC)c1cc2cccc(C)c2o1. The van der Waals surface area contributed by atoms with Crippen molar-refractivity contribution in [2.24, 2.45) is 0 Å². The highest BCUT2D eigenvalue weighted by molar-refractivity contribution is 5.80. The van der Waals surface area contributed by atoms with Crippen molar-refractivity contribution in [2.75, 3.05) is 7.05 Å². The number of aryl methyl sites for hydroxylation is 1. The monoisotopic (exact) mass is 287 g/mol. The number of hydrogen-bond acceptors (Lipinski definition) is 2. The maximum atomic E-state index is 6.08. The van der Waals surface area contributed by atoms with E-state index in [0.717, 1.165) is 17.8 Å². The molecule has 0 aliphatic rings. The van der Waals surface area contributed by atoms with Gasteiger partial charge in [0.25, 0.3) is 0 Å². The molecule has 2 nitrogen and oxygen atoms in total. The number of furan rings is 1. The molecule has 1 heterocycles. The summed E-state index contributed by atoms with van der Waals surface area (Å²) < 4.78 is 6.08. The summed E-state index contributed by atoms with van der Waals surface area (Å²) in [6, 6.07) is 8.87. The Morgan fingerprint density at radius 3 is 2.57 bits per heavy atom. The van der Waals surface area contributed by atoms with E-state index in [2.05, 4.69) is 43.4 Å². The lowest BCUT2D eigenvalue weighted by Gasteiger charge is -2.13. The van der Waals surface area contributed by atoms with E-state index >= 15 is 0 Å². The highest BCUT2D eigenvalue weighted by atomic mass is 16.3. The minimum atomic E-state index is 0.336. The smallest absolute Gasteiger partial charge is 0.137 e. The highest BCUT2D eigenvalue weighted by Crippen LogP contribution is 2.28. The van der Waals surface area contributed by atoms with Crippen molar-refractivity contribution in [1.82, 2.24) is 5.32 Å². The Hall–Kier alpha value is -1.28. The van der Waals surface area contributed by atoms with Crippen LogP contribution < -0.4 is 5.32 Å². The van der Waals surface area contributed by atoms with Gasteiger partial charge in [0.05, 0.1) is 6.04 Å². The molecule has 1 atom stereocenters. The predicted octanol–water partition coefficient (Wildman–Crippen LogP) is 5.75. The molecule has 1 unspecified atom stereocenters. The Morgan fingerprint density at radius 2 is 1.86 bits per heavy atom. The van der Waals surface area contributed by atoms with E-state index in [1.54, 1.807) is 0 Å². The summed E-state index contributed by atoms with van der Waals surface area (Å²) in [5.74, 6) is 1.08. The van der Waals surface area contributed by atoms with Gasteiger partial charge in [0, 0.05) is 5.39 Å². The summed E-state index contributed by atoms with van der Waals surface area (Å²) in [7, 11) is 2.03. The molecule has 0 amide bonds. The zero-order valence-corrected chi connectivity index (χ0v) is 13.7. The molecule has 2 heteroatoms. The van der Waals surface area contributed by atoms with E-state index in [1.807, 2.05) is 7.05 Å². The van der Waals surface area contributed by atoms with Gasteiger partial charge in [-0.1, -0.05) is 63.6 Å². The highest BCUT2D eigenvalue weighted by Gasteiger charge is 2.14. The molecule has 0 radical (unpaired) electrons. The van der Waals surface area contributed by atoms with Crippen molar-refractivity contribution in [1.29, 1.82) is 0 Å². The molecule has 1 aromatic heterocycles. The first kappa shape index (κ1) is 16.1. The predicted molar refractivity (Wildman–Crippen MR) is 90.7 cm³/mol. The van der Waals surface area contributed by atoms with Gasteiger partial charge >= 0.3 is 0 Å². The lowest BCUT2D eigenvalue weighted by Crippen LogP contribution is -2.15. The third-order valence-electron chi connectivity index (χ3n) is 4.30. The first-order valence-electron chi connectivity index (χ1n) is 8.42. The fourth-order valence-electron chi connectivity index (χ4n) is 2.96. The lowest BCUT2D eigenvalue weighted by molar-refractivity contribution is 0.416. The number of para-hydroxylation sites is 1. The molecule has 1 N–H and O–H groups in total. The zero-order chi connectivity index (χ0) is 15.1. The van der Waals surface area contributed by atoms with Gasteiger partial charge in [0.1, 0.15) is 11.3 Å². The molecule has 0 saturated carbocycles. The first-order valence-corrected chi connectivity index (χ1v) is 8.42. The molecule has 0 bridgehead atoms. The minimum Gasteiger partial charge on any atom is -0.459 e. The summed E-state index contributed by atoms with van der Waals surface area (Å²) in [6.07, 6.45) is 9.19. The normalized spacial score (nSPS) is 12.9. The third kappa shape index (κ3) is 4.34. The van der Waals surface area contributed by atoms with E-state index in [-0.39, 0.29) is 0 Å². The average Bonchev–Trinajstić information content (AvgIpc) is 2.92. The Bertz CT molecular complexity index is 543. The summed E-state index contributed by atoms with van der Waals surface area (Å²) in [5, 5.41) is 4.62. The molecule has 116 valence electrons.